The summed E-state index contributed by atoms with van der Waals surface area (Å²) >= 11 is 0. The van der Waals surface area contributed by atoms with Gasteiger partial charge in [-0.2, -0.15) is 13.9 Å². The number of nitrogens with zero attached hydrogens (tertiary/aromatic N) is 4. The van der Waals surface area contributed by atoms with Crippen LogP contribution in [0.2, 0.25) is 0 Å². The predicted molar refractivity (Wildman–Crippen MR) is 92.5 cm³/mol. The van der Waals surface area contributed by atoms with E-state index in [9.17, 15) is 18.0 Å². The number of cyclic esters (lactones) is 1. The van der Waals surface area contributed by atoms with E-state index in [4.69, 9.17) is 4.74 Å². The Balaban J connectivity index is 1.67. The maximum absolute atomic E-state index is 13.7. The van der Waals surface area contributed by atoms with E-state index in [1.54, 1.807) is 30.2 Å². The lowest BCUT2D eigenvalue weighted by Crippen LogP contribution is -2.33. The SMILES string of the molecule is CN1C(=O)OC[C@H]1Cn1ncc2ncc(-c3ccc(F)c(OC(F)F)c3)cc21. The number of carbonyl (C=O) groups is 1. The summed E-state index contributed by atoms with van der Waals surface area (Å²) in [5.41, 5.74) is 2.37. The molecule has 1 fully saturated rings. The molecule has 0 radical (unpaired) electrons. The zero-order chi connectivity index (χ0) is 19.8. The molecule has 1 atom stereocenters. The highest BCUT2D eigenvalue weighted by molar-refractivity contribution is 5.80. The molecule has 3 heterocycles. The van der Waals surface area contributed by atoms with Gasteiger partial charge < -0.3 is 14.4 Å². The summed E-state index contributed by atoms with van der Waals surface area (Å²) in [4.78, 5) is 17.3. The van der Waals surface area contributed by atoms with Crippen LogP contribution in [0, 0.1) is 5.82 Å². The summed E-state index contributed by atoms with van der Waals surface area (Å²) in [6, 6.07) is 5.31. The van der Waals surface area contributed by atoms with Gasteiger partial charge in [-0.25, -0.2) is 9.18 Å². The number of carbonyl (C=O) groups excluding carboxylic acids is 1. The molecule has 0 aliphatic carbocycles. The van der Waals surface area contributed by atoms with Crippen molar-refractivity contribution in [2.75, 3.05) is 13.7 Å². The van der Waals surface area contributed by atoms with E-state index in [0.29, 0.717) is 28.7 Å². The van der Waals surface area contributed by atoms with E-state index < -0.39 is 24.3 Å². The topological polar surface area (TPSA) is 69.5 Å². The summed E-state index contributed by atoms with van der Waals surface area (Å²) in [5.74, 6) is -1.42. The molecular formula is C18H15F3N4O3. The smallest absolute Gasteiger partial charge is 0.410 e. The Hall–Kier alpha value is -3.30. The number of hydrogen-bond acceptors (Lipinski definition) is 5. The minimum absolute atomic E-state index is 0.170. The number of hydrogen-bond donors (Lipinski definition) is 0. The Labute approximate surface area is 157 Å². The second-order valence-corrected chi connectivity index (χ2v) is 6.32. The molecule has 3 aromatic rings. The van der Waals surface area contributed by atoms with Crippen molar-refractivity contribution in [2.24, 2.45) is 0 Å². The largest absolute Gasteiger partial charge is 0.447 e. The molecule has 1 aromatic carbocycles. The van der Waals surface area contributed by atoms with E-state index in [0.717, 1.165) is 6.07 Å². The quantitative estimate of drug-likeness (QED) is 0.667. The van der Waals surface area contributed by atoms with Crippen LogP contribution in [0.15, 0.2) is 36.7 Å². The highest BCUT2D eigenvalue weighted by Gasteiger charge is 2.30. The standard InChI is InChI=1S/C18H15F3N4O3/c1-24-12(9-27-18(24)26)8-25-15-4-11(6-22-14(15)7-23-25)10-2-3-13(19)16(5-10)28-17(20)21/h2-7,12,17H,8-9H2,1H3/t12-/m1/s1. The van der Waals surface area contributed by atoms with Crippen molar-refractivity contribution >= 4 is 17.1 Å². The van der Waals surface area contributed by atoms with E-state index in [1.807, 2.05) is 0 Å². The van der Waals surface area contributed by atoms with Gasteiger partial charge in [0.1, 0.15) is 12.1 Å². The average molecular weight is 392 g/mol. The fourth-order valence-corrected chi connectivity index (χ4v) is 3.03. The number of likely N-dealkylation sites (N-methyl/N-ethyl adjacent to an activating group) is 1. The summed E-state index contributed by atoms with van der Waals surface area (Å²) < 4.78 is 49.5. The number of rotatable bonds is 5. The van der Waals surface area contributed by atoms with Crippen LogP contribution in [0.3, 0.4) is 0 Å². The first-order valence-electron chi connectivity index (χ1n) is 8.38. The van der Waals surface area contributed by atoms with Crippen molar-refractivity contribution in [1.29, 1.82) is 0 Å². The van der Waals surface area contributed by atoms with E-state index in [-0.39, 0.29) is 12.6 Å². The van der Waals surface area contributed by atoms with Crippen LogP contribution in [-0.4, -0.2) is 52.1 Å². The molecule has 2 aromatic heterocycles. The molecule has 4 rings (SSSR count). The van der Waals surface area contributed by atoms with Crippen LogP contribution in [-0.2, 0) is 11.3 Å². The summed E-state index contributed by atoms with van der Waals surface area (Å²) in [5, 5.41) is 4.30. The van der Waals surface area contributed by atoms with Crippen LogP contribution < -0.4 is 4.74 Å². The highest BCUT2D eigenvalue weighted by Crippen LogP contribution is 2.29. The van der Waals surface area contributed by atoms with E-state index in [2.05, 4.69) is 14.8 Å². The normalized spacial score (nSPS) is 16.8. The molecule has 7 nitrogen and oxygen atoms in total. The van der Waals surface area contributed by atoms with Gasteiger partial charge in [-0.1, -0.05) is 6.07 Å². The summed E-state index contributed by atoms with van der Waals surface area (Å²) in [6.45, 7) is -2.46. The van der Waals surface area contributed by atoms with Crippen molar-refractivity contribution in [3.8, 4) is 16.9 Å². The number of ether oxygens (including phenoxy) is 2. The second-order valence-electron chi connectivity index (χ2n) is 6.32. The van der Waals surface area contributed by atoms with Crippen molar-refractivity contribution in [3.63, 3.8) is 0 Å². The van der Waals surface area contributed by atoms with Crippen molar-refractivity contribution in [3.05, 3.63) is 42.5 Å². The summed E-state index contributed by atoms with van der Waals surface area (Å²) in [7, 11) is 1.65. The molecule has 1 amide bonds. The Morgan fingerprint density at radius 3 is 2.82 bits per heavy atom. The first-order chi connectivity index (χ1) is 13.4. The van der Waals surface area contributed by atoms with Crippen molar-refractivity contribution in [1.82, 2.24) is 19.7 Å². The Bertz CT molecular complexity index is 1040. The lowest BCUT2D eigenvalue weighted by molar-refractivity contribution is -0.0521. The van der Waals surface area contributed by atoms with Crippen LogP contribution in [0.1, 0.15) is 0 Å². The lowest BCUT2D eigenvalue weighted by atomic mass is 10.1. The molecular weight excluding hydrogens is 377 g/mol. The third-order valence-corrected chi connectivity index (χ3v) is 4.59. The number of aromatic nitrogens is 3. The first-order valence-corrected chi connectivity index (χ1v) is 8.38. The lowest BCUT2D eigenvalue weighted by Gasteiger charge is -2.16. The molecule has 10 heteroatoms. The Kier molecular flexibility index (Phi) is 4.54. The predicted octanol–water partition coefficient (Wildman–Crippen LogP) is 3.29. The minimum Gasteiger partial charge on any atom is -0.447 e. The van der Waals surface area contributed by atoms with Crippen LogP contribution in [0.25, 0.3) is 22.2 Å². The van der Waals surface area contributed by atoms with Crippen LogP contribution >= 0.6 is 0 Å². The second kappa shape index (κ2) is 7.02. The van der Waals surface area contributed by atoms with Gasteiger partial charge in [0.15, 0.2) is 11.6 Å². The number of halogens is 3. The van der Waals surface area contributed by atoms with Gasteiger partial charge in [-0.05, 0) is 23.8 Å². The van der Waals surface area contributed by atoms with Gasteiger partial charge in [0.2, 0.25) is 0 Å². The average Bonchev–Trinajstić information content (AvgIpc) is 3.21. The number of fused-ring (bicyclic) bond motifs is 1. The number of amides is 1. The Morgan fingerprint density at radius 1 is 1.29 bits per heavy atom. The summed E-state index contributed by atoms with van der Waals surface area (Å²) in [6.07, 6.45) is 2.74. The Morgan fingerprint density at radius 2 is 2.11 bits per heavy atom. The molecule has 1 aliphatic rings. The third kappa shape index (κ3) is 3.32. The zero-order valence-corrected chi connectivity index (χ0v) is 14.7. The zero-order valence-electron chi connectivity index (χ0n) is 14.7. The van der Waals surface area contributed by atoms with Crippen LogP contribution in [0.4, 0.5) is 18.0 Å². The van der Waals surface area contributed by atoms with Crippen LogP contribution in [0.5, 0.6) is 5.75 Å². The van der Waals surface area contributed by atoms with Gasteiger partial charge in [0.25, 0.3) is 0 Å². The maximum atomic E-state index is 13.7. The van der Waals surface area contributed by atoms with Gasteiger partial charge >= 0.3 is 12.7 Å². The van der Waals surface area contributed by atoms with Gasteiger partial charge in [-0.15, -0.1) is 0 Å². The molecule has 0 spiro atoms. The van der Waals surface area contributed by atoms with Gasteiger partial charge in [-0.3, -0.25) is 9.67 Å². The molecule has 0 bridgehead atoms. The number of benzene rings is 1. The molecule has 1 saturated heterocycles. The molecule has 28 heavy (non-hydrogen) atoms. The van der Waals surface area contributed by atoms with E-state index in [1.165, 1.54) is 17.0 Å². The molecule has 0 N–H and O–H groups in total. The molecule has 146 valence electrons. The highest BCUT2D eigenvalue weighted by atomic mass is 19.3. The van der Waals surface area contributed by atoms with Crippen molar-refractivity contribution < 1.29 is 27.4 Å². The fraction of sp³-hybridized carbons (Fsp3) is 0.278. The van der Waals surface area contributed by atoms with Gasteiger partial charge in [0, 0.05) is 18.8 Å². The fourth-order valence-electron chi connectivity index (χ4n) is 3.03. The molecule has 0 unspecified atom stereocenters. The third-order valence-electron chi connectivity index (χ3n) is 4.59. The molecule has 0 saturated carbocycles. The number of pyridine rings is 1. The maximum Gasteiger partial charge on any atom is 0.410 e. The minimum atomic E-state index is -3.12. The monoisotopic (exact) mass is 392 g/mol. The first kappa shape index (κ1) is 18.1. The number of alkyl halides is 2. The van der Waals surface area contributed by atoms with E-state index >= 15 is 0 Å². The molecule has 1 aliphatic heterocycles. The van der Waals surface area contributed by atoms with Crippen molar-refractivity contribution in [2.45, 2.75) is 19.2 Å². The van der Waals surface area contributed by atoms with Gasteiger partial charge in [0.05, 0.1) is 24.3 Å².